The molecule has 1 atom stereocenters. The SMILES string of the molecule is CC1(C(=O)Nc2c[nH]c(C(N)=O)c2)CCCCN1. The summed E-state index contributed by atoms with van der Waals surface area (Å²) >= 11 is 0. The van der Waals surface area contributed by atoms with Crippen LogP contribution < -0.4 is 16.4 Å². The van der Waals surface area contributed by atoms with Gasteiger partial charge in [0.05, 0.1) is 11.2 Å². The van der Waals surface area contributed by atoms with Crippen LogP contribution in [-0.2, 0) is 4.79 Å². The number of piperidine rings is 1. The van der Waals surface area contributed by atoms with Crippen molar-refractivity contribution in [2.45, 2.75) is 31.7 Å². The third-order valence-electron chi connectivity index (χ3n) is 3.33. The van der Waals surface area contributed by atoms with Crippen LogP contribution in [0.25, 0.3) is 0 Å². The molecule has 2 rings (SSSR count). The highest BCUT2D eigenvalue weighted by molar-refractivity contribution is 5.99. The summed E-state index contributed by atoms with van der Waals surface area (Å²) in [6.07, 6.45) is 4.51. The highest BCUT2D eigenvalue weighted by Gasteiger charge is 2.34. The highest BCUT2D eigenvalue weighted by atomic mass is 16.2. The molecule has 1 aliphatic heterocycles. The second kappa shape index (κ2) is 4.81. The van der Waals surface area contributed by atoms with Gasteiger partial charge in [0.1, 0.15) is 5.69 Å². The first-order valence-corrected chi connectivity index (χ1v) is 6.06. The average Bonchev–Trinajstić information content (AvgIpc) is 2.78. The molecule has 0 radical (unpaired) electrons. The van der Waals surface area contributed by atoms with Gasteiger partial charge in [-0.1, -0.05) is 0 Å². The Morgan fingerprint density at radius 1 is 1.44 bits per heavy atom. The number of rotatable bonds is 3. The van der Waals surface area contributed by atoms with Crippen molar-refractivity contribution >= 4 is 17.5 Å². The molecule has 6 nitrogen and oxygen atoms in total. The van der Waals surface area contributed by atoms with Gasteiger partial charge in [0.2, 0.25) is 5.91 Å². The van der Waals surface area contributed by atoms with E-state index in [0.29, 0.717) is 5.69 Å². The minimum Gasteiger partial charge on any atom is -0.364 e. The number of nitrogens with two attached hydrogens (primary N) is 1. The Morgan fingerprint density at radius 2 is 2.22 bits per heavy atom. The summed E-state index contributed by atoms with van der Waals surface area (Å²) in [5, 5.41) is 6.02. The third-order valence-corrected chi connectivity index (χ3v) is 3.33. The van der Waals surface area contributed by atoms with Crippen LogP contribution in [0, 0.1) is 0 Å². The van der Waals surface area contributed by atoms with Crippen LogP contribution in [0.4, 0.5) is 5.69 Å². The van der Waals surface area contributed by atoms with E-state index in [-0.39, 0.29) is 11.6 Å². The Balaban J connectivity index is 2.03. The quantitative estimate of drug-likeness (QED) is 0.631. The molecule has 18 heavy (non-hydrogen) atoms. The lowest BCUT2D eigenvalue weighted by molar-refractivity contribution is -0.122. The van der Waals surface area contributed by atoms with Crippen LogP contribution in [0.2, 0.25) is 0 Å². The van der Waals surface area contributed by atoms with E-state index in [1.807, 2.05) is 6.92 Å². The Labute approximate surface area is 105 Å². The van der Waals surface area contributed by atoms with Crippen molar-refractivity contribution in [3.05, 3.63) is 18.0 Å². The number of nitrogens with one attached hydrogen (secondary N) is 3. The number of carbonyl (C=O) groups is 2. The molecule has 1 saturated heterocycles. The average molecular weight is 250 g/mol. The number of aromatic amines is 1. The molecule has 0 aromatic carbocycles. The molecule has 1 aliphatic rings. The number of hydrogen-bond acceptors (Lipinski definition) is 3. The van der Waals surface area contributed by atoms with Crippen molar-refractivity contribution in [2.24, 2.45) is 5.73 Å². The first-order valence-electron chi connectivity index (χ1n) is 6.06. The maximum absolute atomic E-state index is 12.2. The molecule has 1 fully saturated rings. The minimum absolute atomic E-state index is 0.0859. The van der Waals surface area contributed by atoms with E-state index < -0.39 is 11.4 Å². The summed E-state index contributed by atoms with van der Waals surface area (Å²) in [6.45, 7) is 2.74. The van der Waals surface area contributed by atoms with E-state index in [0.717, 1.165) is 25.8 Å². The maximum atomic E-state index is 12.2. The molecule has 98 valence electrons. The lowest BCUT2D eigenvalue weighted by Crippen LogP contribution is -2.54. The topological polar surface area (TPSA) is 100 Å². The fourth-order valence-corrected chi connectivity index (χ4v) is 2.13. The molecule has 2 heterocycles. The van der Waals surface area contributed by atoms with E-state index in [1.54, 1.807) is 6.20 Å². The minimum atomic E-state index is -0.544. The molecule has 1 unspecified atom stereocenters. The number of amides is 2. The molecule has 6 heteroatoms. The van der Waals surface area contributed by atoms with Gasteiger partial charge in [0.15, 0.2) is 0 Å². The van der Waals surface area contributed by atoms with Crippen molar-refractivity contribution in [3.8, 4) is 0 Å². The van der Waals surface area contributed by atoms with Crippen molar-refractivity contribution in [2.75, 3.05) is 11.9 Å². The van der Waals surface area contributed by atoms with Crippen LogP contribution in [0.1, 0.15) is 36.7 Å². The van der Waals surface area contributed by atoms with Gasteiger partial charge in [-0.15, -0.1) is 0 Å². The first kappa shape index (κ1) is 12.6. The van der Waals surface area contributed by atoms with Crippen LogP contribution in [0.3, 0.4) is 0 Å². The van der Waals surface area contributed by atoms with Crippen LogP contribution >= 0.6 is 0 Å². The second-order valence-corrected chi connectivity index (χ2v) is 4.84. The summed E-state index contributed by atoms with van der Waals surface area (Å²) in [4.78, 5) is 25.8. The van der Waals surface area contributed by atoms with Gasteiger partial charge in [-0.25, -0.2) is 0 Å². The molecule has 0 bridgehead atoms. The number of H-pyrrole nitrogens is 1. The number of anilines is 1. The van der Waals surface area contributed by atoms with Gasteiger partial charge < -0.3 is 21.4 Å². The van der Waals surface area contributed by atoms with Crippen molar-refractivity contribution in [1.29, 1.82) is 0 Å². The third kappa shape index (κ3) is 2.53. The zero-order valence-electron chi connectivity index (χ0n) is 10.4. The number of aromatic nitrogens is 1. The van der Waals surface area contributed by atoms with Crippen LogP contribution in [-0.4, -0.2) is 28.9 Å². The number of hydrogen-bond donors (Lipinski definition) is 4. The lowest BCUT2D eigenvalue weighted by Gasteiger charge is -2.33. The van der Waals surface area contributed by atoms with Crippen LogP contribution in [0.5, 0.6) is 0 Å². The predicted molar refractivity (Wildman–Crippen MR) is 68.2 cm³/mol. The fraction of sp³-hybridized carbons (Fsp3) is 0.500. The van der Waals surface area contributed by atoms with Gasteiger partial charge in [-0.2, -0.15) is 0 Å². The number of primary amides is 1. The van der Waals surface area contributed by atoms with Gasteiger partial charge >= 0.3 is 0 Å². The molecule has 1 aromatic rings. The largest absolute Gasteiger partial charge is 0.364 e. The predicted octanol–water partition coefficient (Wildman–Crippen LogP) is 0.584. The summed E-state index contributed by atoms with van der Waals surface area (Å²) in [6, 6.07) is 1.53. The van der Waals surface area contributed by atoms with Gasteiger partial charge in [0, 0.05) is 6.20 Å². The highest BCUT2D eigenvalue weighted by Crippen LogP contribution is 2.21. The van der Waals surface area contributed by atoms with Crippen molar-refractivity contribution < 1.29 is 9.59 Å². The van der Waals surface area contributed by atoms with Crippen LogP contribution in [0.15, 0.2) is 12.3 Å². The first-order chi connectivity index (χ1) is 8.51. The molecule has 0 spiro atoms. The molecule has 2 amide bonds. The van der Waals surface area contributed by atoms with E-state index in [1.165, 1.54) is 6.07 Å². The zero-order chi connectivity index (χ0) is 13.2. The van der Waals surface area contributed by atoms with E-state index >= 15 is 0 Å². The maximum Gasteiger partial charge on any atom is 0.265 e. The Morgan fingerprint density at radius 3 is 2.78 bits per heavy atom. The molecular weight excluding hydrogens is 232 g/mol. The monoisotopic (exact) mass is 250 g/mol. The summed E-state index contributed by atoms with van der Waals surface area (Å²) in [5.74, 6) is -0.630. The lowest BCUT2D eigenvalue weighted by atomic mass is 9.90. The van der Waals surface area contributed by atoms with Crippen molar-refractivity contribution in [3.63, 3.8) is 0 Å². The molecule has 0 saturated carbocycles. The molecular formula is C12H18N4O2. The van der Waals surface area contributed by atoms with Gasteiger partial charge in [0.25, 0.3) is 5.91 Å². The zero-order valence-corrected chi connectivity index (χ0v) is 10.4. The van der Waals surface area contributed by atoms with E-state index in [9.17, 15) is 9.59 Å². The summed E-state index contributed by atoms with van der Waals surface area (Å²) < 4.78 is 0. The van der Waals surface area contributed by atoms with Gasteiger partial charge in [-0.05, 0) is 38.8 Å². The smallest absolute Gasteiger partial charge is 0.265 e. The van der Waals surface area contributed by atoms with Crippen molar-refractivity contribution in [1.82, 2.24) is 10.3 Å². The van der Waals surface area contributed by atoms with E-state index in [2.05, 4.69) is 15.6 Å². The Kier molecular flexibility index (Phi) is 3.38. The summed E-state index contributed by atoms with van der Waals surface area (Å²) in [7, 11) is 0. The molecule has 1 aromatic heterocycles. The fourth-order valence-electron chi connectivity index (χ4n) is 2.13. The van der Waals surface area contributed by atoms with E-state index in [4.69, 9.17) is 5.73 Å². The Hall–Kier alpha value is -1.82. The molecule has 0 aliphatic carbocycles. The number of carbonyl (C=O) groups excluding carboxylic acids is 2. The Bertz CT molecular complexity index is 460. The van der Waals surface area contributed by atoms with Gasteiger partial charge in [-0.3, -0.25) is 9.59 Å². The standard InChI is InChI=1S/C12H18N4O2/c1-12(4-2-3-5-15-12)11(18)16-8-6-9(10(13)17)14-7-8/h6-7,14-15H,2-5H2,1H3,(H2,13,17)(H,16,18). The normalized spacial score (nSPS) is 23.6. The summed E-state index contributed by atoms with van der Waals surface area (Å²) in [5.41, 5.74) is 5.43. The molecule has 5 N–H and O–H groups in total. The second-order valence-electron chi connectivity index (χ2n) is 4.84.